The lowest BCUT2D eigenvalue weighted by atomic mass is 9.98. The second-order valence-corrected chi connectivity index (χ2v) is 8.86. The van der Waals surface area contributed by atoms with Gasteiger partial charge >= 0.3 is 0 Å². The first kappa shape index (κ1) is 23.3. The maximum Gasteiger partial charge on any atom is 0.241 e. The monoisotopic (exact) mass is 454 g/mol. The van der Waals surface area contributed by atoms with E-state index in [1.165, 1.54) is 26.2 Å². The van der Waals surface area contributed by atoms with E-state index >= 15 is 0 Å². The van der Waals surface area contributed by atoms with Gasteiger partial charge in [-0.3, -0.25) is 4.79 Å². The number of amides is 1. The van der Waals surface area contributed by atoms with Gasteiger partial charge in [-0.15, -0.1) is 0 Å². The van der Waals surface area contributed by atoms with E-state index < -0.39 is 28.0 Å². The van der Waals surface area contributed by atoms with E-state index in [0.29, 0.717) is 11.5 Å². The van der Waals surface area contributed by atoms with E-state index in [4.69, 9.17) is 9.47 Å². The van der Waals surface area contributed by atoms with Crippen LogP contribution in [0.1, 0.15) is 24.1 Å². The molecule has 0 aliphatic carbocycles. The maximum absolute atomic E-state index is 12.9. The van der Waals surface area contributed by atoms with Gasteiger partial charge < -0.3 is 14.8 Å². The number of sulfonamides is 1. The predicted octanol–water partition coefficient (Wildman–Crippen LogP) is 3.28. The maximum atomic E-state index is 12.9. The second-order valence-electron chi connectivity index (χ2n) is 7.14. The molecule has 0 spiro atoms. The third kappa shape index (κ3) is 5.66. The lowest BCUT2D eigenvalue weighted by Crippen LogP contribution is -2.46. The average Bonchev–Trinajstić information content (AvgIpc) is 2.82. The van der Waals surface area contributed by atoms with Crippen LogP contribution < -0.4 is 19.5 Å². The number of ether oxygens (including phenoxy) is 2. The van der Waals surface area contributed by atoms with Gasteiger partial charge in [-0.05, 0) is 54.4 Å². The van der Waals surface area contributed by atoms with Crippen LogP contribution in [0.15, 0.2) is 83.8 Å². The van der Waals surface area contributed by atoms with Crippen LogP contribution in [0.4, 0.5) is 0 Å². The first-order valence-electron chi connectivity index (χ1n) is 9.99. The number of methoxy groups -OCH3 is 2. The van der Waals surface area contributed by atoms with Gasteiger partial charge in [0.15, 0.2) is 0 Å². The van der Waals surface area contributed by atoms with Gasteiger partial charge in [-0.2, -0.15) is 4.72 Å². The van der Waals surface area contributed by atoms with Crippen molar-refractivity contribution in [3.8, 4) is 11.5 Å². The molecule has 0 radical (unpaired) electrons. The Morgan fingerprint density at radius 2 is 1.28 bits per heavy atom. The standard InChI is InChI=1S/C24H26N2O5S/c1-17(26-32(28,29)22-15-13-21(31-3)14-16-22)24(27)25-23(18-7-5-4-6-8-18)19-9-11-20(30-2)12-10-19/h4-17,23,26H,1-3H3,(H,25,27)/t17-,23?/m0/s1. The van der Waals surface area contributed by atoms with Crippen LogP contribution in [0.5, 0.6) is 11.5 Å². The smallest absolute Gasteiger partial charge is 0.241 e. The van der Waals surface area contributed by atoms with Crippen LogP contribution in [0, 0.1) is 0 Å². The highest BCUT2D eigenvalue weighted by Gasteiger charge is 2.25. The third-order valence-corrected chi connectivity index (χ3v) is 6.52. The summed E-state index contributed by atoms with van der Waals surface area (Å²) in [6.07, 6.45) is 0. The van der Waals surface area contributed by atoms with Gasteiger partial charge in [-0.1, -0.05) is 42.5 Å². The molecule has 0 aliphatic rings. The van der Waals surface area contributed by atoms with Crippen molar-refractivity contribution in [3.63, 3.8) is 0 Å². The highest BCUT2D eigenvalue weighted by molar-refractivity contribution is 7.89. The highest BCUT2D eigenvalue weighted by Crippen LogP contribution is 2.24. The minimum Gasteiger partial charge on any atom is -0.497 e. The first-order valence-corrected chi connectivity index (χ1v) is 11.5. The molecule has 32 heavy (non-hydrogen) atoms. The average molecular weight is 455 g/mol. The molecule has 2 N–H and O–H groups in total. The summed E-state index contributed by atoms with van der Waals surface area (Å²) in [4.78, 5) is 13.0. The molecule has 3 aromatic carbocycles. The molecule has 168 valence electrons. The van der Waals surface area contributed by atoms with E-state index in [1.54, 1.807) is 19.2 Å². The van der Waals surface area contributed by atoms with E-state index in [-0.39, 0.29) is 4.90 Å². The number of hydrogen-bond donors (Lipinski definition) is 2. The number of nitrogens with one attached hydrogen (secondary N) is 2. The van der Waals surface area contributed by atoms with E-state index in [0.717, 1.165) is 11.1 Å². The largest absolute Gasteiger partial charge is 0.497 e. The number of benzene rings is 3. The Bertz CT molecular complexity index is 1130. The zero-order chi connectivity index (χ0) is 23.1. The van der Waals surface area contributed by atoms with Gasteiger partial charge in [0, 0.05) is 0 Å². The lowest BCUT2D eigenvalue weighted by molar-refractivity contribution is -0.122. The molecule has 3 rings (SSSR count). The Morgan fingerprint density at radius 1 is 0.781 bits per heavy atom. The van der Waals surface area contributed by atoms with Crippen LogP contribution in [0.2, 0.25) is 0 Å². The number of rotatable bonds is 9. The molecule has 0 saturated heterocycles. The molecule has 0 saturated carbocycles. The van der Waals surface area contributed by atoms with Crippen LogP contribution in [-0.2, 0) is 14.8 Å². The van der Waals surface area contributed by atoms with Gasteiger partial charge in [0.25, 0.3) is 0 Å². The molecule has 0 aliphatic heterocycles. The molecular formula is C24H26N2O5S. The molecule has 0 aromatic heterocycles. The molecular weight excluding hydrogens is 428 g/mol. The van der Waals surface area contributed by atoms with Gasteiger partial charge in [0.2, 0.25) is 15.9 Å². The predicted molar refractivity (Wildman–Crippen MR) is 122 cm³/mol. The zero-order valence-electron chi connectivity index (χ0n) is 18.1. The fraction of sp³-hybridized carbons (Fsp3) is 0.208. The van der Waals surface area contributed by atoms with Crippen molar-refractivity contribution in [2.45, 2.75) is 23.9 Å². The summed E-state index contributed by atoms with van der Waals surface area (Å²) in [7, 11) is -0.801. The number of carbonyl (C=O) groups excluding carboxylic acids is 1. The molecule has 8 heteroatoms. The Morgan fingerprint density at radius 3 is 1.81 bits per heavy atom. The Labute approximate surface area is 188 Å². The normalized spacial score (nSPS) is 13.1. The van der Waals surface area contributed by atoms with Crippen molar-refractivity contribution in [1.82, 2.24) is 10.0 Å². The molecule has 0 fully saturated rings. The molecule has 2 atom stereocenters. The number of hydrogen-bond acceptors (Lipinski definition) is 5. The van der Waals surface area contributed by atoms with Crippen molar-refractivity contribution < 1.29 is 22.7 Å². The third-order valence-electron chi connectivity index (χ3n) is 4.96. The molecule has 0 heterocycles. The van der Waals surface area contributed by atoms with Crippen molar-refractivity contribution in [1.29, 1.82) is 0 Å². The van der Waals surface area contributed by atoms with Crippen LogP contribution in [0.25, 0.3) is 0 Å². The minimum atomic E-state index is -3.89. The van der Waals surface area contributed by atoms with Crippen LogP contribution in [0.3, 0.4) is 0 Å². The van der Waals surface area contributed by atoms with Crippen LogP contribution >= 0.6 is 0 Å². The van der Waals surface area contributed by atoms with Crippen molar-refractivity contribution in [3.05, 3.63) is 90.0 Å². The summed E-state index contributed by atoms with van der Waals surface area (Å²) in [5.74, 6) is 0.791. The van der Waals surface area contributed by atoms with Crippen LogP contribution in [-0.4, -0.2) is 34.6 Å². The van der Waals surface area contributed by atoms with E-state index in [2.05, 4.69) is 10.0 Å². The summed E-state index contributed by atoms with van der Waals surface area (Å²) in [6.45, 7) is 1.51. The Hall–Kier alpha value is -3.36. The molecule has 1 unspecified atom stereocenters. The summed E-state index contributed by atoms with van der Waals surface area (Å²) >= 11 is 0. The van der Waals surface area contributed by atoms with Gasteiger partial charge in [-0.25, -0.2) is 8.42 Å². The van der Waals surface area contributed by atoms with Crippen molar-refractivity contribution >= 4 is 15.9 Å². The summed E-state index contributed by atoms with van der Waals surface area (Å²) < 4.78 is 38.1. The quantitative estimate of drug-likeness (QED) is 0.518. The summed E-state index contributed by atoms with van der Waals surface area (Å²) in [6, 6.07) is 21.3. The SMILES string of the molecule is COc1ccc(C(NC(=O)[C@H](C)NS(=O)(=O)c2ccc(OC)cc2)c2ccccc2)cc1. The first-order chi connectivity index (χ1) is 15.3. The second kappa shape index (κ2) is 10.3. The van der Waals surface area contributed by atoms with E-state index in [1.807, 2.05) is 54.6 Å². The summed E-state index contributed by atoms with van der Waals surface area (Å²) in [5, 5.41) is 2.95. The molecule has 1 amide bonds. The molecule has 0 bridgehead atoms. The number of carbonyl (C=O) groups is 1. The summed E-state index contributed by atoms with van der Waals surface area (Å²) in [5.41, 5.74) is 1.71. The zero-order valence-corrected chi connectivity index (χ0v) is 18.9. The fourth-order valence-electron chi connectivity index (χ4n) is 3.18. The Kier molecular flexibility index (Phi) is 7.50. The molecule has 3 aromatic rings. The van der Waals surface area contributed by atoms with Gasteiger partial charge in [0.05, 0.1) is 31.2 Å². The fourth-order valence-corrected chi connectivity index (χ4v) is 4.38. The van der Waals surface area contributed by atoms with Gasteiger partial charge in [0.1, 0.15) is 11.5 Å². The topological polar surface area (TPSA) is 93.7 Å². The Balaban J connectivity index is 1.78. The minimum absolute atomic E-state index is 0.0488. The highest BCUT2D eigenvalue weighted by atomic mass is 32.2. The van der Waals surface area contributed by atoms with Crippen molar-refractivity contribution in [2.24, 2.45) is 0 Å². The van der Waals surface area contributed by atoms with E-state index in [9.17, 15) is 13.2 Å². The molecule has 7 nitrogen and oxygen atoms in total. The lowest BCUT2D eigenvalue weighted by Gasteiger charge is -2.23. The van der Waals surface area contributed by atoms with Crippen molar-refractivity contribution in [2.75, 3.05) is 14.2 Å².